The lowest BCUT2D eigenvalue weighted by Gasteiger charge is -2.47. The Labute approximate surface area is 130 Å². The molecular weight excluding hydrogens is 308 g/mol. The van der Waals surface area contributed by atoms with Gasteiger partial charge in [0, 0.05) is 29.4 Å². The quantitative estimate of drug-likeness (QED) is 0.608. The summed E-state index contributed by atoms with van der Waals surface area (Å²) < 4.78 is 25.7. The van der Waals surface area contributed by atoms with Gasteiger partial charge in [-0.3, -0.25) is 0 Å². The van der Waals surface area contributed by atoms with E-state index in [1.165, 1.54) is 16.1 Å². The maximum Gasteiger partial charge on any atom is 0.215 e. The molecule has 1 aromatic rings. The SMILES string of the molecule is CC(C)C1(O)CN(S(=O)(=O)CCSc2cccc(N)c2)C1. The summed E-state index contributed by atoms with van der Waals surface area (Å²) in [6, 6.07) is 7.39. The molecule has 0 saturated carbocycles. The molecule has 1 fully saturated rings. The third-order valence-corrected chi connectivity index (χ3v) is 6.86. The number of hydrogen-bond donors (Lipinski definition) is 2. The molecule has 2 rings (SSSR count). The molecule has 118 valence electrons. The molecule has 0 aliphatic carbocycles. The first kappa shape index (κ1) is 16.6. The van der Waals surface area contributed by atoms with Crippen molar-refractivity contribution in [3.05, 3.63) is 24.3 Å². The Morgan fingerprint density at radius 2 is 2.10 bits per heavy atom. The van der Waals surface area contributed by atoms with Crippen LogP contribution < -0.4 is 5.73 Å². The number of hydrogen-bond acceptors (Lipinski definition) is 5. The first-order valence-electron chi connectivity index (χ1n) is 6.91. The Morgan fingerprint density at radius 1 is 1.43 bits per heavy atom. The van der Waals surface area contributed by atoms with Gasteiger partial charge in [0.1, 0.15) is 0 Å². The Balaban J connectivity index is 1.83. The van der Waals surface area contributed by atoms with Crippen LogP contribution >= 0.6 is 11.8 Å². The Kier molecular flexibility index (Phi) is 4.87. The molecule has 0 atom stereocenters. The molecule has 0 bridgehead atoms. The molecule has 1 saturated heterocycles. The van der Waals surface area contributed by atoms with Crippen LogP contribution in [0, 0.1) is 5.92 Å². The van der Waals surface area contributed by atoms with E-state index < -0.39 is 15.6 Å². The summed E-state index contributed by atoms with van der Waals surface area (Å²) in [7, 11) is -3.29. The van der Waals surface area contributed by atoms with Gasteiger partial charge in [0.2, 0.25) is 10.0 Å². The predicted molar refractivity (Wildman–Crippen MR) is 86.7 cm³/mol. The molecule has 5 nitrogen and oxygen atoms in total. The largest absolute Gasteiger partial charge is 0.399 e. The Morgan fingerprint density at radius 3 is 2.67 bits per heavy atom. The Hall–Kier alpha value is -0.760. The van der Waals surface area contributed by atoms with Crippen LogP contribution in [0.3, 0.4) is 0 Å². The van der Waals surface area contributed by atoms with Gasteiger partial charge in [-0.05, 0) is 24.1 Å². The first-order valence-corrected chi connectivity index (χ1v) is 9.51. The van der Waals surface area contributed by atoms with Crippen molar-refractivity contribution in [1.82, 2.24) is 4.31 Å². The van der Waals surface area contributed by atoms with Gasteiger partial charge in [-0.2, -0.15) is 4.31 Å². The van der Waals surface area contributed by atoms with Gasteiger partial charge >= 0.3 is 0 Å². The van der Waals surface area contributed by atoms with Crippen LogP contribution in [0.2, 0.25) is 0 Å². The molecule has 7 heteroatoms. The van der Waals surface area contributed by atoms with E-state index in [1.807, 2.05) is 32.0 Å². The predicted octanol–water partition coefficient (Wildman–Crippen LogP) is 1.39. The lowest BCUT2D eigenvalue weighted by molar-refractivity contribution is -0.0931. The van der Waals surface area contributed by atoms with E-state index in [9.17, 15) is 13.5 Å². The van der Waals surface area contributed by atoms with E-state index in [2.05, 4.69) is 0 Å². The van der Waals surface area contributed by atoms with E-state index in [1.54, 1.807) is 6.07 Å². The van der Waals surface area contributed by atoms with E-state index in [-0.39, 0.29) is 24.8 Å². The third kappa shape index (κ3) is 3.91. The zero-order valence-corrected chi connectivity index (χ0v) is 14.0. The standard InChI is InChI=1S/C14H22N2O3S2/c1-11(2)14(17)9-16(10-14)21(18,19)7-6-20-13-5-3-4-12(15)8-13/h3-5,8,11,17H,6-7,9-10,15H2,1-2H3. The van der Waals surface area contributed by atoms with Gasteiger partial charge in [-0.15, -0.1) is 11.8 Å². The number of nitrogens with zero attached hydrogens (tertiary/aromatic N) is 1. The summed E-state index contributed by atoms with van der Waals surface area (Å²) >= 11 is 1.47. The van der Waals surface area contributed by atoms with E-state index in [0.29, 0.717) is 11.4 Å². The minimum atomic E-state index is -3.29. The summed E-state index contributed by atoms with van der Waals surface area (Å²) in [6.45, 7) is 4.21. The number of benzene rings is 1. The number of nitrogens with two attached hydrogens (primary N) is 1. The molecule has 1 aliphatic heterocycles. The molecule has 0 aromatic heterocycles. The topological polar surface area (TPSA) is 83.6 Å². The lowest BCUT2D eigenvalue weighted by atomic mass is 9.85. The summed E-state index contributed by atoms with van der Waals surface area (Å²) in [6.07, 6.45) is 0. The summed E-state index contributed by atoms with van der Waals surface area (Å²) in [4.78, 5) is 0.965. The minimum absolute atomic E-state index is 0.0608. The van der Waals surface area contributed by atoms with Crippen LogP contribution in [0.1, 0.15) is 13.8 Å². The van der Waals surface area contributed by atoms with Crippen LogP contribution in [0.4, 0.5) is 5.69 Å². The van der Waals surface area contributed by atoms with Crippen LogP contribution in [0.25, 0.3) is 0 Å². The van der Waals surface area contributed by atoms with Crippen LogP contribution in [0.5, 0.6) is 0 Å². The third-order valence-electron chi connectivity index (χ3n) is 3.84. The molecule has 0 unspecified atom stereocenters. The Bertz CT molecular complexity index is 596. The van der Waals surface area contributed by atoms with Gasteiger partial charge in [-0.1, -0.05) is 19.9 Å². The smallest absolute Gasteiger partial charge is 0.215 e. The number of aliphatic hydroxyl groups is 1. The van der Waals surface area contributed by atoms with Crippen molar-refractivity contribution in [2.45, 2.75) is 24.3 Å². The fourth-order valence-electron chi connectivity index (χ4n) is 2.12. The summed E-state index contributed by atoms with van der Waals surface area (Å²) in [5.74, 6) is 0.605. The second-order valence-corrected chi connectivity index (χ2v) is 9.02. The summed E-state index contributed by atoms with van der Waals surface area (Å²) in [5.41, 5.74) is 5.49. The first-order chi connectivity index (χ1) is 9.73. The molecule has 0 radical (unpaired) electrons. The zero-order chi connectivity index (χ0) is 15.7. The van der Waals surface area contributed by atoms with Crippen molar-refractivity contribution < 1.29 is 13.5 Å². The maximum absolute atomic E-state index is 12.2. The number of thioether (sulfide) groups is 1. The molecule has 3 N–H and O–H groups in total. The normalized spacial score (nSPS) is 18.7. The number of anilines is 1. The molecule has 1 aromatic carbocycles. The fourth-order valence-corrected chi connectivity index (χ4v) is 5.03. The van der Waals surface area contributed by atoms with Crippen molar-refractivity contribution in [3.8, 4) is 0 Å². The van der Waals surface area contributed by atoms with E-state index >= 15 is 0 Å². The second-order valence-electron chi connectivity index (χ2n) is 5.76. The van der Waals surface area contributed by atoms with Crippen LogP contribution in [0.15, 0.2) is 29.2 Å². The highest BCUT2D eigenvalue weighted by Crippen LogP contribution is 2.31. The highest BCUT2D eigenvalue weighted by atomic mass is 32.2. The van der Waals surface area contributed by atoms with Crippen LogP contribution in [-0.4, -0.2) is 48.0 Å². The van der Waals surface area contributed by atoms with Gasteiger partial charge in [-0.25, -0.2) is 8.42 Å². The van der Waals surface area contributed by atoms with Crippen molar-refractivity contribution in [2.24, 2.45) is 5.92 Å². The van der Waals surface area contributed by atoms with Crippen molar-refractivity contribution >= 4 is 27.5 Å². The van der Waals surface area contributed by atoms with Gasteiger partial charge in [0.25, 0.3) is 0 Å². The van der Waals surface area contributed by atoms with Gasteiger partial charge in [0.05, 0.1) is 11.4 Å². The second kappa shape index (κ2) is 6.16. The minimum Gasteiger partial charge on any atom is -0.399 e. The number of sulfonamides is 1. The summed E-state index contributed by atoms with van der Waals surface area (Å²) in [5, 5.41) is 10.1. The van der Waals surface area contributed by atoms with Crippen LogP contribution in [-0.2, 0) is 10.0 Å². The number of rotatable bonds is 6. The van der Waals surface area contributed by atoms with E-state index in [4.69, 9.17) is 5.73 Å². The molecule has 1 heterocycles. The molecule has 0 spiro atoms. The monoisotopic (exact) mass is 330 g/mol. The molecular formula is C14H22N2O3S2. The van der Waals surface area contributed by atoms with Crippen molar-refractivity contribution in [3.63, 3.8) is 0 Å². The highest BCUT2D eigenvalue weighted by Gasteiger charge is 2.48. The highest BCUT2D eigenvalue weighted by molar-refractivity contribution is 8.00. The average Bonchev–Trinajstić information content (AvgIpc) is 2.34. The van der Waals surface area contributed by atoms with Crippen molar-refractivity contribution in [2.75, 3.05) is 30.3 Å². The molecule has 0 amide bonds. The van der Waals surface area contributed by atoms with Crippen molar-refractivity contribution in [1.29, 1.82) is 0 Å². The number of β-amino-alcohol motifs (C(OH)–C–C–N with tert-alkyl or cyclic N) is 1. The van der Waals surface area contributed by atoms with Gasteiger partial charge < -0.3 is 10.8 Å². The molecule has 21 heavy (non-hydrogen) atoms. The maximum atomic E-state index is 12.2. The van der Waals surface area contributed by atoms with Gasteiger partial charge in [0.15, 0.2) is 0 Å². The zero-order valence-electron chi connectivity index (χ0n) is 12.3. The average molecular weight is 330 g/mol. The fraction of sp³-hybridized carbons (Fsp3) is 0.571. The lowest BCUT2D eigenvalue weighted by Crippen LogP contribution is -2.66. The molecule has 1 aliphatic rings. The number of nitrogen functional groups attached to an aromatic ring is 1. The van der Waals surface area contributed by atoms with E-state index in [0.717, 1.165) is 4.90 Å².